The molecule has 2 atom stereocenters. The van der Waals surface area contributed by atoms with E-state index in [1.165, 1.54) is 5.56 Å². The fourth-order valence-electron chi connectivity index (χ4n) is 2.33. The molecule has 0 saturated carbocycles. The first-order valence-electron chi connectivity index (χ1n) is 7.16. The standard InChI is InChI=1S/C16H23N3O/c1-11(2)15(13-8-6-5-7-9-13)16-18-14(19-20-16)10-12(3)17-4/h5-9,11-12,15,17H,10H2,1-4H3. The van der Waals surface area contributed by atoms with Crippen molar-refractivity contribution in [3.05, 3.63) is 47.6 Å². The van der Waals surface area contributed by atoms with Crippen molar-refractivity contribution in [2.75, 3.05) is 7.05 Å². The van der Waals surface area contributed by atoms with Gasteiger partial charge in [0.25, 0.3) is 0 Å². The van der Waals surface area contributed by atoms with E-state index in [-0.39, 0.29) is 5.92 Å². The summed E-state index contributed by atoms with van der Waals surface area (Å²) in [6, 6.07) is 10.7. The Morgan fingerprint density at radius 3 is 2.45 bits per heavy atom. The van der Waals surface area contributed by atoms with Crippen LogP contribution >= 0.6 is 0 Å². The van der Waals surface area contributed by atoms with E-state index in [0.29, 0.717) is 17.9 Å². The molecule has 0 aliphatic carbocycles. The highest BCUT2D eigenvalue weighted by Crippen LogP contribution is 2.30. The summed E-state index contributed by atoms with van der Waals surface area (Å²) < 4.78 is 5.50. The van der Waals surface area contributed by atoms with Gasteiger partial charge in [0.15, 0.2) is 5.82 Å². The van der Waals surface area contributed by atoms with Gasteiger partial charge in [-0.25, -0.2) is 0 Å². The van der Waals surface area contributed by atoms with Crippen molar-refractivity contribution >= 4 is 0 Å². The number of nitrogens with zero attached hydrogens (tertiary/aromatic N) is 2. The van der Waals surface area contributed by atoms with Crippen LogP contribution in [0.3, 0.4) is 0 Å². The van der Waals surface area contributed by atoms with Crippen LogP contribution in [0.2, 0.25) is 0 Å². The van der Waals surface area contributed by atoms with Crippen molar-refractivity contribution in [3.63, 3.8) is 0 Å². The zero-order valence-electron chi connectivity index (χ0n) is 12.6. The number of hydrogen-bond donors (Lipinski definition) is 1. The van der Waals surface area contributed by atoms with Crippen LogP contribution in [0, 0.1) is 5.92 Å². The third-order valence-corrected chi connectivity index (χ3v) is 3.56. The summed E-state index contributed by atoms with van der Waals surface area (Å²) >= 11 is 0. The maximum atomic E-state index is 5.50. The largest absolute Gasteiger partial charge is 0.339 e. The van der Waals surface area contributed by atoms with Crippen molar-refractivity contribution in [1.82, 2.24) is 15.5 Å². The second-order valence-corrected chi connectivity index (χ2v) is 5.58. The summed E-state index contributed by atoms with van der Waals surface area (Å²) in [5, 5.41) is 7.29. The average Bonchev–Trinajstić information content (AvgIpc) is 2.87. The molecule has 0 amide bonds. The predicted molar refractivity (Wildman–Crippen MR) is 79.6 cm³/mol. The Hall–Kier alpha value is -1.68. The Kier molecular flexibility index (Phi) is 4.90. The molecule has 0 saturated heterocycles. The van der Waals surface area contributed by atoms with E-state index in [1.54, 1.807) is 0 Å². The van der Waals surface area contributed by atoms with E-state index in [4.69, 9.17) is 4.52 Å². The summed E-state index contributed by atoms with van der Waals surface area (Å²) in [5.41, 5.74) is 1.22. The van der Waals surface area contributed by atoms with Gasteiger partial charge in [-0.3, -0.25) is 0 Å². The number of benzene rings is 1. The van der Waals surface area contributed by atoms with E-state index in [0.717, 1.165) is 12.2 Å². The summed E-state index contributed by atoms with van der Waals surface area (Å²) in [6.45, 7) is 6.46. The lowest BCUT2D eigenvalue weighted by atomic mass is 9.88. The van der Waals surface area contributed by atoms with E-state index in [1.807, 2.05) is 25.2 Å². The summed E-state index contributed by atoms with van der Waals surface area (Å²) in [4.78, 5) is 4.58. The molecule has 108 valence electrons. The Morgan fingerprint density at radius 1 is 1.15 bits per heavy atom. The molecule has 1 aromatic carbocycles. The molecule has 1 aromatic heterocycles. The van der Waals surface area contributed by atoms with Gasteiger partial charge in [0.05, 0.1) is 5.92 Å². The highest BCUT2D eigenvalue weighted by atomic mass is 16.5. The molecule has 2 aromatic rings. The Balaban J connectivity index is 2.23. The number of aromatic nitrogens is 2. The molecular weight excluding hydrogens is 250 g/mol. The maximum Gasteiger partial charge on any atom is 0.234 e. The van der Waals surface area contributed by atoms with Gasteiger partial charge in [0.1, 0.15) is 0 Å². The second-order valence-electron chi connectivity index (χ2n) is 5.58. The van der Waals surface area contributed by atoms with E-state index in [9.17, 15) is 0 Å². The number of rotatable bonds is 6. The third kappa shape index (κ3) is 3.45. The average molecular weight is 273 g/mol. The lowest BCUT2D eigenvalue weighted by Gasteiger charge is -2.16. The molecule has 1 heterocycles. The van der Waals surface area contributed by atoms with Gasteiger partial charge in [-0.05, 0) is 25.5 Å². The zero-order chi connectivity index (χ0) is 14.5. The summed E-state index contributed by atoms with van der Waals surface area (Å²) in [6.07, 6.45) is 0.777. The fourth-order valence-corrected chi connectivity index (χ4v) is 2.33. The van der Waals surface area contributed by atoms with Gasteiger partial charge < -0.3 is 9.84 Å². The molecule has 4 nitrogen and oxygen atoms in total. The van der Waals surface area contributed by atoms with Crippen molar-refractivity contribution in [2.45, 2.75) is 39.2 Å². The molecule has 4 heteroatoms. The molecule has 1 N–H and O–H groups in total. The Labute approximate surface area is 120 Å². The molecule has 0 spiro atoms. The molecule has 0 aliphatic rings. The SMILES string of the molecule is CNC(C)Cc1noc(C(c2ccccc2)C(C)C)n1. The maximum absolute atomic E-state index is 5.50. The van der Waals surface area contributed by atoms with Gasteiger partial charge in [0, 0.05) is 12.5 Å². The van der Waals surface area contributed by atoms with Crippen LogP contribution in [-0.4, -0.2) is 23.2 Å². The number of nitrogens with one attached hydrogen (secondary N) is 1. The molecule has 2 unspecified atom stereocenters. The van der Waals surface area contributed by atoms with Crippen LogP contribution < -0.4 is 5.32 Å². The molecule has 20 heavy (non-hydrogen) atoms. The quantitative estimate of drug-likeness (QED) is 0.879. The van der Waals surface area contributed by atoms with E-state index >= 15 is 0 Å². The first-order chi connectivity index (χ1) is 9.61. The van der Waals surface area contributed by atoms with Gasteiger partial charge in [-0.2, -0.15) is 4.98 Å². The Bertz CT molecular complexity index is 522. The third-order valence-electron chi connectivity index (χ3n) is 3.56. The van der Waals surface area contributed by atoms with E-state index in [2.05, 4.69) is 48.4 Å². The van der Waals surface area contributed by atoms with Crippen molar-refractivity contribution < 1.29 is 4.52 Å². The van der Waals surface area contributed by atoms with Crippen LogP contribution in [-0.2, 0) is 6.42 Å². The van der Waals surface area contributed by atoms with E-state index < -0.39 is 0 Å². The van der Waals surface area contributed by atoms with Crippen LogP contribution in [0.1, 0.15) is 44.0 Å². The predicted octanol–water partition coefficient (Wildman–Crippen LogP) is 3.01. The van der Waals surface area contributed by atoms with Gasteiger partial charge >= 0.3 is 0 Å². The van der Waals surface area contributed by atoms with Gasteiger partial charge in [-0.1, -0.05) is 49.3 Å². The summed E-state index contributed by atoms with van der Waals surface area (Å²) in [7, 11) is 1.94. The molecule has 0 bridgehead atoms. The second kappa shape index (κ2) is 6.66. The number of likely N-dealkylation sites (N-methyl/N-ethyl adjacent to an activating group) is 1. The smallest absolute Gasteiger partial charge is 0.234 e. The zero-order valence-corrected chi connectivity index (χ0v) is 12.6. The minimum Gasteiger partial charge on any atom is -0.339 e. The van der Waals surface area contributed by atoms with Crippen molar-refractivity contribution in [1.29, 1.82) is 0 Å². The fraction of sp³-hybridized carbons (Fsp3) is 0.500. The van der Waals surface area contributed by atoms with Gasteiger partial charge in [-0.15, -0.1) is 0 Å². The molecule has 0 aliphatic heterocycles. The molecule has 0 fully saturated rings. The molecule has 2 rings (SSSR count). The van der Waals surface area contributed by atoms with Gasteiger partial charge in [0.2, 0.25) is 5.89 Å². The van der Waals surface area contributed by atoms with Crippen LogP contribution in [0.25, 0.3) is 0 Å². The van der Waals surface area contributed by atoms with Crippen molar-refractivity contribution in [3.8, 4) is 0 Å². The first kappa shape index (κ1) is 14.7. The lowest BCUT2D eigenvalue weighted by molar-refractivity contribution is 0.337. The van der Waals surface area contributed by atoms with Crippen molar-refractivity contribution in [2.24, 2.45) is 5.92 Å². The summed E-state index contributed by atoms with van der Waals surface area (Å²) in [5.74, 6) is 2.04. The Morgan fingerprint density at radius 2 is 1.85 bits per heavy atom. The van der Waals surface area contributed by atoms with Crippen LogP contribution in [0.4, 0.5) is 0 Å². The monoisotopic (exact) mass is 273 g/mol. The molecule has 0 radical (unpaired) electrons. The first-order valence-corrected chi connectivity index (χ1v) is 7.16. The highest BCUT2D eigenvalue weighted by molar-refractivity contribution is 5.25. The molecular formula is C16H23N3O. The minimum absolute atomic E-state index is 0.155. The van der Waals surface area contributed by atoms with Crippen LogP contribution in [0.15, 0.2) is 34.9 Å². The topological polar surface area (TPSA) is 51.0 Å². The number of hydrogen-bond acceptors (Lipinski definition) is 4. The lowest BCUT2D eigenvalue weighted by Crippen LogP contribution is -2.24. The van der Waals surface area contributed by atoms with Crippen LogP contribution in [0.5, 0.6) is 0 Å². The highest BCUT2D eigenvalue weighted by Gasteiger charge is 2.24. The minimum atomic E-state index is 0.155. The normalized spacial score (nSPS) is 14.4.